The molecule has 0 spiro atoms. The fourth-order valence-electron chi connectivity index (χ4n) is 1.01. The highest BCUT2D eigenvalue weighted by atomic mass is 35.5. The van der Waals surface area contributed by atoms with Gasteiger partial charge in [0.05, 0.1) is 0 Å². The van der Waals surface area contributed by atoms with E-state index in [2.05, 4.69) is 4.74 Å². The summed E-state index contributed by atoms with van der Waals surface area (Å²) in [4.78, 5) is 0. The molecule has 0 radical (unpaired) electrons. The SMILES string of the molecule is FC(F)(F)Oc1cccc(CCCl)c1. The molecule has 0 saturated carbocycles. The van der Waals surface area contributed by atoms with Gasteiger partial charge in [-0.3, -0.25) is 0 Å². The van der Waals surface area contributed by atoms with Crippen molar-refractivity contribution in [2.24, 2.45) is 0 Å². The monoisotopic (exact) mass is 224 g/mol. The zero-order chi connectivity index (χ0) is 10.6. The van der Waals surface area contributed by atoms with Gasteiger partial charge in [0.25, 0.3) is 0 Å². The first kappa shape index (κ1) is 11.2. The first-order valence-corrected chi connectivity index (χ1v) is 4.45. The number of hydrogen-bond acceptors (Lipinski definition) is 1. The fraction of sp³-hybridized carbons (Fsp3) is 0.333. The van der Waals surface area contributed by atoms with Crippen LogP contribution in [0, 0.1) is 0 Å². The van der Waals surface area contributed by atoms with Gasteiger partial charge in [0.2, 0.25) is 0 Å². The molecule has 0 amide bonds. The fourth-order valence-corrected chi connectivity index (χ4v) is 1.23. The number of halogens is 4. The molecule has 0 unspecified atom stereocenters. The van der Waals surface area contributed by atoms with E-state index < -0.39 is 6.36 Å². The second kappa shape index (κ2) is 4.55. The molecule has 0 N–H and O–H groups in total. The summed E-state index contributed by atoms with van der Waals surface area (Å²) in [5, 5.41) is 0. The molecule has 0 heterocycles. The molecule has 78 valence electrons. The van der Waals surface area contributed by atoms with Gasteiger partial charge in [-0.05, 0) is 24.1 Å². The van der Waals surface area contributed by atoms with Crippen LogP contribution in [-0.4, -0.2) is 12.2 Å². The smallest absolute Gasteiger partial charge is 0.406 e. The van der Waals surface area contributed by atoms with E-state index in [1.807, 2.05) is 0 Å². The van der Waals surface area contributed by atoms with E-state index in [1.165, 1.54) is 18.2 Å². The summed E-state index contributed by atoms with van der Waals surface area (Å²) in [5.41, 5.74) is 0.724. The number of hydrogen-bond donors (Lipinski definition) is 0. The molecule has 0 bridgehead atoms. The molecule has 5 heteroatoms. The highest BCUT2D eigenvalue weighted by Gasteiger charge is 2.30. The number of alkyl halides is 4. The third kappa shape index (κ3) is 3.87. The highest BCUT2D eigenvalue weighted by molar-refractivity contribution is 6.17. The Bertz CT molecular complexity index is 298. The van der Waals surface area contributed by atoms with Crippen LogP contribution < -0.4 is 4.74 Å². The van der Waals surface area contributed by atoms with E-state index in [1.54, 1.807) is 6.07 Å². The second-order valence-electron chi connectivity index (χ2n) is 2.63. The predicted molar refractivity (Wildman–Crippen MR) is 47.5 cm³/mol. The summed E-state index contributed by atoms with van der Waals surface area (Å²) in [6.07, 6.45) is -4.11. The molecule has 0 aliphatic carbocycles. The van der Waals surface area contributed by atoms with Crippen LogP contribution in [0.5, 0.6) is 5.75 Å². The lowest BCUT2D eigenvalue weighted by Crippen LogP contribution is -2.17. The Morgan fingerprint density at radius 2 is 2.00 bits per heavy atom. The molecule has 0 fully saturated rings. The van der Waals surface area contributed by atoms with Gasteiger partial charge in [-0.1, -0.05) is 12.1 Å². The molecule has 1 aromatic rings. The quantitative estimate of drug-likeness (QED) is 0.716. The van der Waals surface area contributed by atoms with Crippen molar-refractivity contribution in [3.63, 3.8) is 0 Å². The summed E-state index contributed by atoms with van der Waals surface area (Å²) >= 11 is 5.46. The number of ether oxygens (including phenoxy) is 1. The van der Waals surface area contributed by atoms with Gasteiger partial charge < -0.3 is 4.74 Å². The van der Waals surface area contributed by atoms with E-state index in [0.717, 1.165) is 5.56 Å². The largest absolute Gasteiger partial charge is 0.573 e. The number of rotatable bonds is 3. The summed E-state index contributed by atoms with van der Waals surface area (Å²) in [6.45, 7) is 0. The molecule has 1 rings (SSSR count). The maximum absolute atomic E-state index is 11.8. The normalized spacial score (nSPS) is 11.4. The van der Waals surface area contributed by atoms with Gasteiger partial charge in [0.1, 0.15) is 5.75 Å². The van der Waals surface area contributed by atoms with E-state index in [9.17, 15) is 13.2 Å². The summed E-state index contributed by atoms with van der Waals surface area (Å²) in [7, 11) is 0. The van der Waals surface area contributed by atoms with E-state index in [0.29, 0.717) is 12.3 Å². The molecule has 1 aromatic carbocycles. The Morgan fingerprint density at radius 3 is 2.57 bits per heavy atom. The van der Waals surface area contributed by atoms with Crippen molar-refractivity contribution in [2.75, 3.05) is 5.88 Å². The lowest BCUT2D eigenvalue weighted by Gasteiger charge is -2.09. The standard InChI is InChI=1S/C9H8ClF3O/c10-5-4-7-2-1-3-8(6-7)14-9(11,12)13/h1-3,6H,4-5H2. The van der Waals surface area contributed by atoms with Gasteiger partial charge in [-0.15, -0.1) is 24.8 Å². The van der Waals surface area contributed by atoms with Crippen LogP contribution in [-0.2, 0) is 6.42 Å². The third-order valence-electron chi connectivity index (χ3n) is 1.52. The maximum atomic E-state index is 11.8. The van der Waals surface area contributed by atoms with Crippen LogP contribution in [0.25, 0.3) is 0 Å². The molecule has 0 aliphatic heterocycles. The molecular formula is C9H8ClF3O. The van der Waals surface area contributed by atoms with Crippen molar-refractivity contribution in [3.05, 3.63) is 29.8 Å². The van der Waals surface area contributed by atoms with Crippen molar-refractivity contribution in [1.82, 2.24) is 0 Å². The van der Waals surface area contributed by atoms with Gasteiger partial charge in [-0.25, -0.2) is 0 Å². The molecule has 0 atom stereocenters. The van der Waals surface area contributed by atoms with Crippen molar-refractivity contribution < 1.29 is 17.9 Å². The van der Waals surface area contributed by atoms with E-state index in [4.69, 9.17) is 11.6 Å². The van der Waals surface area contributed by atoms with Crippen molar-refractivity contribution in [1.29, 1.82) is 0 Å². The minimum Gasteiger partial charge on any atom is -0.406 e. The first-order valence-electron chi connectivity index (χ1n) is 3.92. The predicted octanol–water partition coefficient (Wildman–Crippen LogP) is 3.37. The Labute approximate surface area is 84.4 Å². The van der Waals surface area contributed by atoms with Crippen molar-refractivity contribution >= 4 is 11.6 Å². The first-order chi connectivity index (χ1) is 6.51. The Hall–Kier alpha value is -0.900. The highest BCUT2D eigenvalue weighted by Crippen LogP contribution is 2.23. The van der Waals surface area contributed by atoms with Gasteiger partial charge >= 0.3 is 6.36 Å². The minimum atomic E-state index is -4.64. The molecule has 0 aliphatic rings. The summed E-state index contributed by atoms with van der Waals surface area (Å²) in [6, 6.07) is 5.79. The third-order valence-corrected chi connectivity index (χ3v) is 1.70. The van der Waals surface area contributed by atoms with Crippen LogP contribution in [0.4, 0.5) is 13.2 Å². The number of aryl methyl sites for hydroxylation is 1. The minimum absolute atomic E-state index is 0.208. The van der Waals surface area contributed by atoms with Crippen LogP contribution in [0.1, 0.15) is 5.56 Å². The second-order valence-corrected chi connectivity index (χ2v) is 3.01. The molecule has 0 aromatic heterocycles. The molecule has 14 heavy (non-hydrogen) atoms. The maximum Gasteiger partial charge on any atom is 0.573 e. The molecular weight excluding hydrogens is 217 g/mol. The Kier molecular flexibility index (Phi) is 3.63. The average Bonchev–Trinajstić information content (AvgIpc) is 2.02. The van der Waals surface area contributed by atoms with Crippen LogP contribution in [0.2, 0.25) is 0 Å². The van der Waals surface area contributed by atoms with Gasteiger partial charge in [0, 0.05) is 5.88 Å². The van der Waals surface area contributed by atoms with Crippen LogP contribution in [0.3, 0.4) is 0 Å². The summed E-state index contributed by atoms with van der Waals surface area (Å²) in [5.74, 6) is 0.162. The van der Waals surface area contributed by atoms with Gasteiger partial charge in [-0.2, -0.15) is 0 Å². The number of benzene rings is 1. The summed E-state index contributed by atoms with van der Waals surface area (Å²) < 4.78 is 39.2. The zero-order valence-corrected chi connectivity index (χ0v) is 7.90. The van der Waals surface area contributed by atoms with Crippen LogP contribution >= 0.6 is 11.6 Å². The van der Waals surface area contributed by atoms with Crippen LogP contribution in [0.15, 0.2) is 24.3 Å². The Morgan fingerprint density at radius 1 is 1.29 bits per heavy atom. The zero-order valence-electron chi connectivity index (χ0n) is 7.14. The Balaban J connectivity index is 2.73. The van der Waals surface area contributed by atoms with E-state index in [-0.39, 0.29) is 5.75 Å². The van der Waals surface area contributed by atoms with E-state index >= 15 is 0 Å². The molecule has 1 nitrogen and oxygen atoms in total. The average molecular weight is 225 g/mol. The lowest BCUT2D eigenvalue weighted by atomic mass is 10.2. The topological polar surface area (TPSA) is 9.23 Å². The lowest BCUT2D eigenvalue weighted by molar-refractivity contribution is -0.274. The van der Waals surface area contributed by atoms with Crippen molar-refractivity contribution in [2.45, 2.75) is 12.8 Å². The molecule has 0 saturated heterocycles. The van der Waals surface area contributed by atoms with Crippen molar-refractivity contribution in [3.8, 4) is 5.75 Å². The van der Waals surface area contributed by atoms with Gasteiger partial charge in [0.15, 0.2) is 0 Å².